The van der Waals surface area contributed by atoms with Crippen LogP contribution in [0.2, 0.25) is 0 Å². The molecular formula is C17H20N2O5S. The Morgan fingerprint density at radius 2 is 1.88 bits per heavy atom. The van der Waals surface area contributed by atoms with E-state index in [-0.39, 0.29) is 33.5 Å². The van der Waals surface area contributed by atoms with Gasteiger partial charge in [0, 0.05) is 6.07 Å². The van der Waals surface area contributed by atoms with Gasteiger partial charge < -0.3 is 4.74 Å². The molecule has 2 aromatic rings. The van der Waals surface area contributed by atoms with E-state index < -0.39 is 14.9 Å². The van der Waals surface area contributed by atoms with Crippen LogP contribution >= 0.6 is 0 Å². The van der Waals surface area contributed by atoms with E-state index in [2.05, 4.69) is 4.72 Å². The monoisotopic (exact) mass is 364 g/mol. The van der Waals surface area contributed by atoms with Crippen molar-refractivity contribution < 1.29 is 18.1 Å². The van der Waals surface area contributed by atoms with Crippen LogP contribution in [0.25, 0.3) is 0 Å². The van der Waals surface area contributed by atoms with E-state index in [0.717, 1.165) is 5.56 Å². The fourth-order valence-corrected chi connectivity index (χ4v) is 3.72. The second-order valence-electron chi connectivity index (χ2n) is 5.88. The summed E-state index contributed by atoms with van der Waals surface area (Å²) in [5.74, 6) is 0.347. The summed E-state index contributed by atoms with van der Waals surface area (Å²) in [7, 11) is -2.58. The third kappa shape index (κ3) is 3.90. The summed E-state index contributed by atoms with van der Waals surface area (Å²) >= 11 is 0. The van der Waals surface area contributed by atoms with Crippen molar-refractivity contribution in [2.24, 2.45) is 0 Å². The number of nitrogens with zero attached hydrogens (tertiary/aromatic N) is 1. The minimum Gasteiger partial charge on any atom is -0.495 e. The Kier molecular flexibility index (Phi) is 5.32. The smallest absolute Gasteiger partial charge is 0.274 e. The summed E-state index contributed by atoms with van der Waals surface area (Å²) in [5, 5.41) is 11.0. The van der Waals surface area contributed by atoms with Gasteiger partial charge in [0.25, 0.3) is 15.7 Å². The van der Waals surface area contributed by atoms with Gasteiger partial charge in [-0.05, 0) is 36.6 Å². The molecule has 7 nitrogen and oxygen atoms in total. The van der Waals surface area contributed by atoms with Crippen molar-refractivity contribution in [3.8, 4) is 5.75 Å². The Labute approximate surface area is 146 Å². The fourth-order valence-electron chi connectivity index (χ4n) is 2.39. The molecule has 0 spiro atoms. The summed E-state index contributed by atoms with van der Waals surface area (Å²) in [4.78, 5) is 10.5. The first-order valence-corrected chi connectivity index (χ1v) is 9.10. The van der Waals surface area contributed by atoms with Crippen molar-refractivity contribution >= 4 is 21.4 Å². The van der Waals surface area contributed by atoms with E-state index in [1.165, 1.54) is 32.2 Å². The number of nitro groups is 1. The maximum absolute atomic E-state index is 12.8. The molecule has 0 bridgehead atoms. The summed E-state index contributed by atoms with van der Waals surface area (Å²) in [6, 6.07) is 9.21. The average Bonchev–Trinajstić information content (AvgIpc) is 2.55. The highest BCUT2D eigenvalue weighted by Gasteiger charge is 2.23. The number of methoxy groups -OCH3 is 1. The van der Waals surface area contributed by atoms with Crippen molar-refractivity contribution in [3.05, 3.63) is 57.6 Å². The molecule has 0 aromatic heterocycles. The molecule has 0 atom stereocenters. The van der Waals surface area contributed by atoms with Crippen molar-refractivity contribution in [1.82, 2.24) is 0 Å². The van der Waals surface area contributed by atoms with Gasteiger partial charge in [0.15, 0.2) is 0 Å². The summed E-state index contributed by atoms with van der Waals surface area (Å²) in [6.07, 6.45) is 0. The summed E-state index contributed by atoms with van der Waals surface area (Å²) < 4.78 is 33.3. The van der Waals surface area contributed by atoms with Crippen LogP contribution in [0, 0.1) is 17.0 Å². The first-order chi connectivity index (χ1) is 11.7. The molecule has 0 unspecified atom stereocenters. The molecule has 0 aliphatic carbocycles. The Bertz CT molecular complexity index is 907. The lowest BCUT2D eigenvalue weighted by Crippen LogP contribution is -2.15. The third-order valence-electron chi connectivity index (χ3n) is 3.89. The Balaban J connectivity index is 2.52. The predicted molar refractivity (Wildman–Crippen MR) is 95.7 cm³/mol. The molecule has 0 heterocycles. The summed E-state index contributed by atoms with van der Waals surface area (Å²) in [5.41, 5.74) is 1.10. The van der Waals surface area contributed by atoms with E-state index in [9.17, 15) is 18.5 Å². The van der Waals surface area contributed by atoms with E-state index in [0.29, 0.717) is 0 Å². The minimum absolute atomic E-state index is 0.00731. The SMILES string of the molecule is COc1ccc(C(C)C)cc1S(=O)(=O)Nc1cccc([N+](=O)[O-])c1C. The van der Waals surface area contributed by atoms with Gasteiger partial charge in [0.1, 0.15) is 10.6 Å². The molecule has 134 valence electrons. The van der Waals surface area contributed by atoms with Crippen molar-refractivity contribution in [3.63, 3.8) is 0 Å². The topological polar surface area (TPSA) is 98.5 Å². The van der Waals surface area contributed by atoms with Crippen LogP contribution in [0.1, 0.15) is 30.9 Å². The predicted octanol–water partition coefficient (Wildman–Crippen LogP) is 3.84. The van der Waals surface area contributed by atoms with Gasteiger partial charge in [0.2, 0.25) is 0 Å². The molecule has 2 rings (SSSR count). The molecule has 0 saturated heterocycles. The number of benzene rings is 2. The van der Waals surface area contributed by atoms with E-state index in [1.54, 1.807) is 18.2 Å². The second kappa shape index (κ2) is 7.10. The quantitative estimate of drug-likeness (QED) is 0.620. The number of nitrogens with one attached hydrogen (secondary N) is 1. The van der Waals surface area contributed by atoms with Crippen LogP contribution < -0.4 is 9.46 Å². The van der Waals surface area contributed by atoms with Gasteiger partial charge in [-0.1, -0.05) is 26.0 Å². The van der Waals surface area contributed by atoms with Crippen LogP contribution in [0.3, 0.4) is 0 Å². The molecule has 0 fully saturated rings. The highest BCUT2D eigenvalue weighted by Crippen LogP contribution is 2.31. The maximum atomic E-state index is 12.8. The normalized spacial score (nSPS) is 11.4. The molecule has 1 N–H and O–H groups in total. The fraction of sp³-hybridized carbons (Fsp3) is 0.294. The van der Waals surface area contributed by atoms with Crippen LogP contribution in [-0.4, -0.2) is 20.5 Å². The Morgan fingerprint density at radius 1 is 1.20 bits per heavy atom. The molecule has 2 aromatic carbocycles. The molecule has 0 aliphatic heterocycles. The number of sulfonamides is 1. The van der Waals surface area contributed by atoms with Gasteiger partial charge in [-0.2, -0.15) is 0 Å². The van der Waals surface area contributed by atoms with Crippen molar-refractivity contribution in [1.29, 1.82) is 0 Å². The Morgan fingerprint density at radius 3 is 2.44 bits per heavy atom. The highest BCUT2D eigenvalue weighted by atomic mass is 32.2. The Hall–Kier alpha value is -2.61. The summed E-state index contributed by atoms with van der Waals surface area (Å²) in [6.45, 7) is 5.41. The largest absolute Gasteiger partial charge is 0.495 e. The van der Waals surface area contributed by atoms with E-state index in [1.807, 2.05) is 13.8 Å². The highest BCUT2D eigenvalue weighted by molar-refractivity contribution is 7.92. The van der Waals surface area contributed by atoms with Gasteiger partial charge in [-0.25, -0.2) is 8.42 Å². The van der Waals surface area contributed by atoms with Gasteiger partial charge in [0.05, 0.1) is 23.3 Å². The number of nitro benzene ring substituents is 1. The number of anilines is 1. The van der Waals surface area contributed by atoms with E-state index in [4.69, 9.17) is 4.74 Å². The van der Waals surface area contributed by atoms with Crippen LogP contribution in [0.5, 0.6) is 5.75 Å². The molecule has 0 radical (unpaired) electrons. The third-order valence-corrected chi connectivity index (χ3v) is 5.28. The van der Waals surface area contributed by atoms with Crippen molar-refractivity contribution in [2.45, 2.75) is 31.6 Å². The van der Waals surface area contributed by atoms with Crippen LogP contribution in [-0.2, 0) is 10.0 Å². The number of hydrogen-bond donors (Lipinski definition) is 1. The zero-order valence-corrected chi connectivity index (χ0v) is 15.3. The van der Waals surface area contributed by atoms with Crippen molar-refractivity contribution in [2.75, 3.05) is 11.8 Å². The molecule has 0 aliphatic rings. The first-order valence-electron chi connectivity index (χ1n) is 7.62. The maximum Gasteiger partial charge on any atom is 0.274 e. The molecule has 25 heavy (non-hydrogen) atoms. The lowest BCUT2D eigenvalue weighted by atomic mass is 10.0. The van der Waals surface area contributed by atoms with E-state index >= 15 is 0 Å². The average molecular weight is 364 g/mol. The van der Waals surface area contributed by atoms with Crippen LogP contribution in [0.4, 0.5) is 11.4 Å². The van der Waals surface area contributed by atoms with Gasteiger partial charge in [-0.3, -0.25) is 14.8 Å². The lowest BCUT2D eigenvalue weighted by molar-refractivity contribution is -0.385. The molecule has 8 heteroatoms. The molecule has 0 saturated carbocycles. The lowest BCUT2D eigenvalue weighted by Gasteiger charge is -2.15. The number of ether oxygens (including phenoxy) is 1. The number of rotatable bonds is 6. The first kappa shape index (κ1) is 18.7. The zero-order valence-electron chi connectivity index (χ0n) is 14.4. The van der Waals surface area contributed by atoms with Crippen LogP contribution in [0.15, 0.2) is 41.3 Å². The molecule has 0 amide bonds. The molecular weight excluding hydrogens is 344 g/mol. The van der Waals surface area contributed by atoms with Gasteiger partial charge >= 0.3 is 0 Å². The number of hydrogen-bond acceptors (Lipinski definition) is 5. The minimum atomic E-state index is -3.97. The standard InChI is InChI=1S/C17H20N2O5S/c1-11(2)13-8-9-16(24-4)17(10-13)25(22,23)18-14-6-5-7-15(12(14)3)19(20)21/h5-11,18H,1-4H3. The van der Waals surface area contributed by atoms with Gasteiger partial charge in [-0.15, -0.1) is 0 Å². The second-order valence-corrected chi connectivity index (χ2v) is 7.53. The zero-order chi connectivity index (χ0) is 18.8.